The topological polar surface area (TPSA) is 162 Å². The molecule has 4 atom stereocenters. The number of benzene rings is 3. The molecule has 0 saturated carbocycles. The van der Waals surface area contributed by atoms with Gasteiger partial charge in [-0.05, 0) is 42.8 Å². The summed E-state index contributed by atoms with van der Waals surface area (Å²) < 4.78 is 34.3. The number of nitrogen functional groups attached to an aromatic ring is 1. The van der Waals surface area contributed by atoms with E-state index in [0.717, 1.165) is 0 Å². The van der Waals surface area contributed by atoms with E-state index in [0.29, 0.717) is 0 Å². The predicted molar refractivity (Wildman–Crippen MR) is 169 cm³/mol. The van der Waals surface area contributed by atoms with Gasteiger partial charge in [0, 0.05) is 13.6 Å². The molecule has 1 aliphatic heterocycles. The molecule has 3 heterocycles. The van der Waals surface area contributed by atoms with Gasteiger partial charge in [-0.1, -0.05) is 61.5 Å². The summed E-state index contributed by atoms with van der Waals surface area (Å²) in [6.07, 6.45) is -1.72. The minimum atomic E-state index is -1.71. The average molecular weight is 636 g/mol. The standard InChI is InChI=1S/C35H30N4O8/c1-2-35(20-44-32(41)22-12-6-3-7-13-22)28(46-34(43)24-16-10-5-11-17-24)27(45-33(42)23-14-8-4-9-15-23)31(47-35)39-19-18-25(40)26-29(36)37-21-38-30(26)39/h3-19,21,27-28,31H,2,20H2,1H3,(H2,36,37,38)/t27-,28+,31?,35-/m1/s1/i1D. The van der Waals surface area contributed by atoms with E-state index in [9.17, 15) is 19.2 Å². The number of hydrogen-bond donors (Lipinski definition) is 1. The number of anilines is 1. The van der Waals surface area contributed by atoms with E-state index in [1.165, 1.54) is 23.2 Å². The van der Waals surface area contributed by atoms with Crippen molar-refractivity contribution in [3.8, 4) is 0 Å². The van der Waals surface area contributed by atoms with Gasteiger partial charge in [0.15, 0.2) is 29.5 Å². The molecule has 0 amide bonds. The SMILES string of the molecule is [2H]CC[C@]1(COC(=O)c2ccccc2)OC(n2ccc(=O)c3c(N)ncnc32)[C@H](OC(=O)c2ccccc2)[C@@H]1OC(=O)c1ccccc1. The van der Waals surface area contributed by atoms with Crippen LogP contribution in [-0.2, 0) is 18.9 Å². The van der Waals surface area contributed by atoms with Gasteiger partial charge in [0.2, 0.25) is 0 Å². The smallest absolute Gasteiger partial charge is 0.338 e. The van der Waals surface area contributed by atoms with E-state index < -0.39 is 54.0 Å². The number of fused-ring (bicyclic) bond motifs is 1. The number of pyridine rings is 1. The van der Waals surface area contributed by atoms with Crippen molar-refractivity contribution in [1.82, 2.24) is 14.5 Å². The molecule has 1 unspecified atom stereocenters. The van der Waals surface area contributed by atoms with Crippen molar-refractivity contribution >= 4 is 34.8 Å². The molecule has 1 fully saturated rings. The van der Waals surface area contributed by atoms with Crippen molar-refractivity contribution < 1.29 is 34.7 Å². The Balaban J connectivity index is 1.49. The summed E-state index contributed by atoms with van der Waals surface area (Å²) in [5.41, 5.74) is 4.61. The fraction of sp³-hybridized carbons (Fsp3) is 0.200. The van der Waals surface area contributed by atoms with E-state index in [4.69, 9.17) is 26.1 Å². The lowest BCUT2D eigenvalue weighted by atomic mass is 9.92. The van der Waals surface area contributed by atoms with E-state index >= 15 is 0 Å². The van der Waals surface area contributed by atoms with Gasteiger partial charge in [-0.3, -0.25) is 4.79 Å². The lowest BCUT2D eigenvalue weighted by Gasteiger charge is -2.33. The molecule has 1 saturated heterocycles. The van der Waals surface area contributed by atoms with Crippen LogP contribution in [0.2, 0.25) is 0 Å². The van der Waals surface area contributed by atoms with Gasteiger partial charge in [-0.2, -0.15) is 0 Å². The maximum Gasteiger partial charge on any atom is 0.338 e. The first kappa shape index (κ1) is 29.8. The minimum Gasteiger partial charge on any atom is -0.459 e. The highest BCUT2D eigenvalue weighted by Gasteiger charge is 2.60. The van der Waals surface area contributed by atoms with Gasteiger partial charge in [-0.25, -0.2) is 24.4 Å². The summed E-state index contributed by atoms with van der Waals surface area (Å²) in [7, 11) is 0. The summed E-state index contributed by atoms with van der Waals surface area (Å²) in [6, 6.07) is 25.8. The van der Waals surface area contributed by atoms with Crippen molar-refractivity contribution in [2.45, 2.75) is 37.4 Å². The molecule has 0 aliphatic carbocycles. The number of carbonyl (C=O) groups is 3. The fourth-order valence-electron chi connectivity index (χ4n) is 5.42. The maximum atomic E-state index is 13.6. The van der Waals surface area contributed by atoms with Crippen molar-refractivity contribution in [2.24, 2.45) is 0 Å². The zero-order valence-corrected chi connectivity index (χ0v) is 24.9. The fourth-order valence-corrected chi connectivity index (χ4v) is 5.42. The van der Waals surface area contributed by atoms with Crippen LogP contribution < -0.4 is 11.2 Å². The zero-order valence-electron chi connectivity index (χ0n) is 25.9. The second-order valence-corrected chi connectivity index (χ2v) is 10.7. The molecule has 6 rings (SSSR count). The highest BCUT2D eigenvalue weighted by Crippen LogP contribution is 2.44. The molecule has 0 bridgehead atoms. The summed E-state index contributed by atoms with van der Waals surface area (Å²) in [5.74, 6) is -2.31. The van der Waals surface area contributed by atoms with E-state index in [1.54, 1.807) is 91.0 Å². The highest BCUT2D eigenvalue weighted by molar-refractivity contribution is 5.91. The van der Waals surface area contributed by atoms with E-state index in [2.05, 4.69) is 9.97 Å². The Morgan fingerprint density at radius 2 is 1.43 bits per heavy atom. The summed E-state index contributed by atoms with van der Waals surface area (Å²) in [6.45, 7) is -0.744. The summed E-state index contributed by atoms with van der Waals surface area (Å²) in [5, 5.41) is -0.0111. The van der Waals surface area contributed by atoms with Gasteiger partial charge in [0.25, 0.3) is 0 Å². The molecule has 47 heavy (non-hydrogen) atoms. The molecule has 2 N–H and O–H groups in total. The van der Waals surface area contributed by atoms with Gasteiger partial charge >= 0.3 is 17.9 Å². The molecule has 12 heteroatoms. The number of ether oxygens (including phenoxy) is 4. The quantitative estimate of drug-likeness (QED) is 0.181. The summed E-state index contributed by atoms with van der Waals surface area (Å²) in [4.78, 5) is 61.5. The van der Waals surface area contributed by atoms with Crippen LogP contribution in [0, 0.1) is 0 Å². The number of nitrogens with two attached hydrogens (primary N) is 1. The molecule has 238 valence electrons. The van der Waals surface area contributed by atoms with Crippen LogP contribution in [0.5, 0.6) is 0 Å². The Morgan fingerprint density at radius 1 is 0.851 bits per heavy atom. The maximum absolute atomic E-state index is 13.6. The van der Waals surface area contributed by atoms with Gasteiger partial charge in [0.1, 0.15) is 29.7 Å². The lowest BCUT2D eigenvalue weighted by molar-refractivity contribution is -0.133. The first-order chi connectivity index (χ1) is 23.3. The molecular weight excluding hydrogens is 604 g/mol. The second kappa shape index (κ2) is 13.2. The molecule has 0 spiro atoms. The molecule has 1 aliphatic rings. The minimum absolute atomic E-state index is 0.0111. The number of hydrogen-bond acceptors (Lipinski definition) is 11. The number of carbonyl (C=O) groups excluding carboxylic acids is 3. The van der Waals surface area contributed by atoms with Crippen LogP contribution >= 0.6 is 0 Å². The first-order valence-electron chi connectivity index (χ1n) is 15.3. The third-order valence-electron chi connectivity index (χ3n) is 7.84. The Labute approximate surface area is 270 Å². The van der Waals surface area contributed by atoms with Crippen molar-refractivity contribution in [3.63, 3.8) is 0 Å². The predicted octanol–water partition coefficient (Wildman–Crippen LogP) is 4.36. The Morgan fingerprint density at radius 3 is 2.02 bits per heavy atom. The first-order valence-corrected chi connectivity index (χ1v) is 14.6. The van der Waals surface area contributed by atoms with Gasteiger partial charge < -0.3 is 29.2 Å². The monoisotopic (exact) mass is 635 g/mol. The molecule has 5 aromatic rings. The van der Waals surface area contributed by atoms with Gasteiger partial charge in [-0.15, -0.1) is 0 Å². The van der Waals surface area contributed by atoms with Gasteiger partial charge in [0.05, 0.1) is 16.7 Å². The zero-order chi connectivity index (χ0) is 33.7. The van der Waals surface area contributed by atoms with Crippen LogP contribution in [0.1, 0.15) is 52.0 Å². The molecule has 12 nitrogen and oxygen atoms in total. The van der Waals surface area contributed by atoms with Crippen LogP contribution in [0.3, 0.4) is 0 Å². The van der Waals surface area contributed by atoms with Crippen molar-refractivity contribution in [2.75, 3.05) is 12.3 Å². The summed E-state index contributed by atoms with van der Waals surface area (Å²) >= 11 is 0. The van der Waals surface area contributed by atoms with Crippen LogP contribution in [0.4, 0.5) is 5.82 Å². The number of rotatable bonds is 9. The number of esters is 3. The lowest BCUT2D eigenvalue weighted by Crippen LogP contribution is -2.50. The van der Waals surface area contributed by atoms with Crippen LogP contribution in [0.15, 0.2) is 114 Å². The molecule has 2 aromatic heterocycles. The van der Waals surface area contributed by atoms with E-state index in [1.807, 2.05) is 0 Å². The average Bonchev–Trinajstić information content (AvgIpc) is 3.40. The van der Waals surface area contributed by atoms with Crippen molar-refractivity contribution in [1.29, 1.82) is 0 Å². The number of nitrogens with zero attached hydrogens (tertiary/aromatic N) is 3. The molecule has 3 aromatic carbocycles. The highest BCUT2D eigenvalue weighted by atomic mass is 16.7. The van der Waals surface area contributed by atoms with Crippen LogP contribution in [0.25, 0.3) is 11.0 Å². The second-order valence-electron chi connectivity index (χ2n) is 10.7. The Hall–Kier alpha value is -5.88. The van der Waals surface area contributed by atoms with Crippen molar-refractivity contribution in [3.05, 3.63) is 136 Å². The van der Waals surface area contributed by atoms with E-state index in [-0.39, 0.29) is 46.9 Å². The Bertz CT molecular complexity index is 1990. The normalized spacial score (nSPS) is 20.7. The third-order valence-corrected chi connectivity index (χ3v) is 7.84. The molecular formula is C35H30N4O8. The molecule has 0 radical (unpaired) electrons. The number of aromatic nitrogens is 3. The largest absolute Gasteiger partial charge is 0.459 e. The van der Waals surface area contributed by atoms with Crippen LogP contribution in [-0.4, -0.2) is 56.9 Å². The Kier molecular flexibility index (Phi) is 8.39. The third kappa shape index (κ3) is 6.18.